The second-order valence-electron chi connectivity index (χ2n) is 7.09. The minimum absolute atomic E-state index is 0.0295. The van der Waals surface area contributed by atoms with E-state index in [0.29, 0.717) is 5.02 Å². The summed E-state index contributed by atoms with van der Waals surface area (Å²) in [6.07, 6.45) is 1.93. The highest BCUT2D eigenvalue weighted by Gasteiger charge is 2.23. The first-order chi connectivity index (χ1) is 12.8. The van der Waals surface area contributed by atoms with Gasteiger partial charge in [-0.05, 0) is 38.2 Å². The minimum atomic E-state index is -0.410. The molecular weight excluding hydrogens is 366 g/mol. The maximum Gasteiger partial charge on any atom is 0.271 e. The van der Waals surface area contributed by atoms with Gasteiger partial charge in [-0.1, -0.05) is 17.7 Å². The van der Waals surface area contributed by atoms with Crippen LogP contribution in [0.1, 0.15) is 11.1 Å². The molecule has 7 nitrogen and oxygen atoms in total. The van der Waals surface area contributed by atoms with Gasteiger partial charge in [0.05, 0.1) is 15.6 Å². The fourth-order valence-corrected chi connectivity index (χ4v) is 3.83. The average molecular weight is 390 g/mol. The van der Waals surface area contributed by atoms with E-state index in [1.165, 1.54) is 11.6 Å². The van der Waals surface area contributed by atoms with Crippen molar-refractivity contribution in [1.29, 1.82) is 0 Å². The topological polar surface area (TPSA) is 65.8 Å². The summed E-state index contributed by atoms with van der Waals surface area (Å²) in [5, 5.41) is 11.4. The zero-order valence-corrected chi connectivity index (χ0v) is 16.6. The monoisotopic (exact) mass is 389 g/mol. The second-order valence-corrected chi connectivity index (χ2v) is 7.49. The Morgan fingerprint density at radius 1 is 1.19 bits per heavy atom. The molecule has 1 aliphatic heterocycles. The smallest absolute Gasteiger partial charge is 0.271 e. The van der Waals surface area contributed by atoms with Gasteiger partial charge in [-0.3, -0.25) is 10.1 Å². The van der Waals surface area contributed by atoms with Crippen LogP contribution in [0.2, 0.25) is 5.02 Å². The molecule has 2 aromatic rings. The Labute approximate surface area is 164 Å². The summed E-state index contributed by atoms with van der Waals surface area (Å²) in [6, 6.07) is 7.20. The van der Waals surface area contributed by atoms with E-state index in [9.17, 15) is 10.1 Å². The highest BCUT2D eigenvalue weighted by molar-refractivity contribution is 6.33. The number of rotatable bonds is 5. The van der Waals surface area contributed by atoms with Crippen LogP contribution >= 0.6 is 11.6 Å². The fraction of sp³-hybridized carbons (Fsp3) is 0.421. The van der Waals surface area contributed by atoms with Gasteiger partial charge >= 0.3 is 0 Å². The number of non-ortho nitro benzene ring substituents is 1. The van der Waals surface area contributed by atoms with Crippen LogP contribution in [0.3, 0.4) is 0 Å². The van der Waals surface area contributed by atoms with Crippen molar-refractivity contribution < 1.29 is 4.92 Å². The van der Waals surface area contributed by atoms with Gasteiger partial charge in [0.1, 0.15) is 5.82 Å². The van der Waals surface area contributed by atoms with Crippen LogP contribution in [-0.4, -0.2) is 55.1 Å². The van der Waals surface area contributed by atoms with E-state index in [-0.39, 0.29) is 5.69 Å². The molecule has 1 saturated heterocycles. The summed E-state index contributed by atoms with van der Waals surface area (Å²) in [4.78, 5) is 21.7. The predicted octanol–water partition coefficient (Wildman–Crippen LogP) is 3.34. The molecule has 0 saturated carbocycles. The van der Waals surface area contributed by atoms with Crippen molar-refractivity contribution in [3.63, 3.8) is 0 Å². The molecule has 8 heteroatoms. The van der Waals surface area contributed by atoms with Crippen molar-refractivity contribution in [1.82, 2.24) is 9.88 Å². The molecule has 0 spiro atoms. The van der Waals surface area contributed by atoms with Crippen molar-refractivity contribution in [2.75, 3.05) is 50.1 Å². The third kappa shape index (κ3) is 4.48. The molecule has 144 valence electrons. The summed E-state index contributed by atoms with van der Waals surface area (Å²) < 4.78 is 0. The summed E-state index contributed by atoms with van der Waals surface area (Å²) in [6.45, 7) is 5.98. The van der Waals surface area contributed by atoms with Gasteiger partial charge in [0.15, 0.2) is 0 Å². The fourth-order valence-electron chi connectivity index (χ4n) is 3.45. The zero-order chi connectivity index (χ0) is 19.6. The number of anilines is 2. The number of nitro benzene ring substituents is 1. The van der Waals surface area contributed by atoms with Gasteiger partial charge in [-0.2, -0.15) is 0 Å². The van der Waals surface area contributed by atoms with Crippen LogP contribution in [0.4, 0.5) is 17.2 Å². The molecule has 0 atom stereocenters. The number of benzene rings is 1. The van der Waals surface area contributed by atoms with Gasteiger partial charge in [0, 0.05) is 51.1 Å². The largest absolute Gasteiger partial charge is 0.367 e. The van der Waals surface area contributed by atoms with E-state index in [2.05, 4.69) is 31.8 Å². The maximum absolute atomic E-state index is 11.0. The number of nitro groups is 1. The Bertz CT molecular complexity index is 794. The van der Waals surface area contributed by atoms with Crippen LogP contribution in [0.15, 0.2) is 30.5 Å². The SMILES string of the molecule is Cc1cc([N+](=O)[O-])cc(Cl)c1N1CCN(c2ccc(CN(C)C)cn2)CC1. The number of piperazine rings is 1. The third-order valence-corrected chi connectivity index (χ3v) is 4.97. The summed E-state index contributed by atoms with van der Waals surface area (Å²) >= 11 is 6.35. The molecule has 0 amide bonds. The van der Waals surface area contributed by atoms with E-state index in [0.717, 1.165) is 49.8 Å². The van der Waals surface area contributed by atoms with E-state index in [1.807, 2.05) is 27.2 Å². The average Bonchev–Trinajstić information content (AvgIpc) is 2.62. The first-order valence-corrected chi connectivity index (χ1v) is 9.27. The molecule has 0 bridgehead atoms. The number of hydrogen-bond donors (Lipinski definition) is 0. The normalized spacial score (nSPS) is 14.7. The van der Waals surface area contributed by atoms with Crippen molar-refractivity contribution in [2.45, 2.75) is 13.5 Å². The Balaban J connectivity index is 1.68. The van der Waals surface area contributed by atoms with Crippen LogP contribution in [0.5, 0.6) is 0 Å². The van der Waals surface area contributed by atoms with Gasteiger partial charge in [-0.25, -0.2) is 4.98 Å². The molecule has 0 radical (unpaired) electrons. The molecular formula is C19H24ClN5O2. The quantitative estimate of drug-likeness (QED) is 0.577. The van der Waals surface area contributed by atoms with Crippen molar-refractivity contribution in [2.24, 2.45) is 0 Å². The summed E-state index contributed by atoms with van der Waals surface area (Å²) in [5.74, 6) is 0.976. The first kappa shape index (κ1) is 19.4. The van der Waals surface area contributed by atoms with Gasteiger partial charge in [0.25, 0.3) is 5.69 Å². The Hall–Kier alpha value is -2.38. The molecule has 3 rings (SSSR count). The van der Waals surface area contributed by atoms with E-state index >= 15 is 0 Å². The molecule has 2 heterocycles. The Kier molecular flexibility index (Phi) is 5.82. The highest BCUT2D eigenvalue weighted by atomic mass is 35.5. The lowest BCUT2D eigenvalue weighted by Gasteiger charge is -2.37. The van der Waals surface area contributed by atoms with Crippen LogP contribution in [0.25, 0.3) is 0 Å². The lowest BCUT2D eigenvalue weighted by Crippen LogP contribution is -2.47. The molecule has 1 aliphatic rings. The summed E-state index contributed by atoms with van der Waals surface area (Å²) in [7, 11) is 4.08. The Morgan fingerprint density at radius 2 is 1.85 bits per heavy atom. The lowest BCUT2D eigenvalue weighted by atomic mass is 10.1. The van der Waals surface area contributed by atoms with Crippen LogP contribution < -0.4 is 9.80 Å². The molecule has 1 aromatic heterocycles. The van der Waals surface area contributed by atoms with E-state index in [4.69, 9.17) is 11.6 Å². The standard InChI is InChI=1S/C19H24ClN5O2/c1-14-10-16(25(26)27)11-17(20)19(14)24-8-6-23(7-9-24)18-5-4-15(12-21-18)13-22(2)3/h4-5,10-12H,6-9,13H2,1-3H3. The molecule has 0 N–H and O–H groups in total. The molecule has 0 aliphatic carbocycles. The van der Waals surface area contributed by atoms with Crippen LogP contribution in [-0.2, 0) is 6.54 Å². The Morgan fingerprint density at radius 3 is 2.37 bits per heavy atom. The van der Waals surface area contributed by atoms with Crippen molar-refractivity contribution in [3.05, 3.63) is 56.7 Å². The number of aryl methyl sites for hydroxylation is 1. The van der Waals surface area contributed by atoms with E-state index < -0.39 is 4.92 Å². The van der Waals surface area contributed by atoms with Gasteiger partial charge in [-0.15, -0.1) is 0 Å². The van der Waals surface area contributed by atoms with Crippen molar-refractivity contribution >= 4 is 28.8 Å². The minimum Gasteiger partial charge on any atom is -0.367 e. The molecule has 1 fully saturated rings. The predicted molar refractivity (Wildman–Crippen MR) is 109 cm³/mol. The number of pyridine rings is 1. The van der Waals surface area contributed by atoms with Gasteiger partial charge in [0.2, 0.25) is 0 Å². The number of aromatic nitrogens is 1. The molecule has 27 heavy (non-hydrogen) atoms. The lowest BCUT2D eigenvalue weighted by molar-refractivity contribution is -0.384. The zero-order valence-electron chi connectivity index (χ0n) is 15.9. The first-order valence-electron chi connectivity index (χ1n) is 8.89. The summed E-state index contributed by atoms with van der Waals surface area (Å²) in [5.41, 5.74) is 2.93. The molecule has 1 aromatic carbocycles. The number of halogens is 1. The number of nitrogens with zero attached hydrogens (tertiary/aromatic N) is 5. The van der Waals surface area contributed by atoms with Crippen LogP contribution in [0, 0.1) is 17.0 Å². The van der Waals surface area contributed by atoms with E-state index in [1.54, 1.807) is 6.07 Å². The maximum atomic E-state index is 11.0. The second kappa shape index (κ2) is 8.10. The number of hydrogen-bond acceptors (Lipinski definition) is 6. The van der Waals surface area contributed by atoms with Gasteiger partial charge < -0.3 is 14.7 Å². The molecule has 0 unspecified atom stereocenters. The van der Waals surface area contributed by atoms with Crippen molar-refractivity contribution in [3.8, 4) is 0 Å². The third-order valence-electron chi connectivity index (χ3n) is 4.68. The highest BCUT2D eigenvalue weighted by Crippen LogP contribution is 2.34.